The Morgan fingerprint density at radius 3 is 2.11 bits per heavy atom. The molecule has 4 nitrogen and oxygen atoms in total. The van der Waals surface area contributed by atoms with E-state index in [2.05, 4.69) is 5.32 Å². The van der Waals surface area contributed by atoms with Crippen LogP contribution in [0.1, 0.15) is 12.5 Å². The quantitative estimate of drug-likeness (QED) is 0.643. The van der Waals surface area contributed by atoms with E-state index in [4.69, 9.17) is 17.0 Å². The third-order valence-electron chi connectivity index (χ3n) is 4.74. The number of hydrogen-bond donors (Lipinski definition) is 1. The zero-order valence-electron chi connectivity index (χ0n) is 15.5. The van der Waals surface area contributed by atoms with Gasteiger partial charge in [0.1, 0.15) is 17.0 Å². The summed E-state index contributed by atoms with van der Waals surface area (Å²) < 4.78 is 5.82. The highest BCUT2D eigenvalue weighted by Crippen LogP contribution is 2.30. The maximum atomic E-state index is 13.2. The van der Waals surface area contributed by atoms with Gasteiger partial charge in [0.25, 0.3) is 5.91 Å². The van der Waals surface area contributed by atoms with Crippen molar-refractivity contribution in [1.82, 2.24) is 5.32 Å². The van der Waals surface area contributed by atoms with Crippen molar-refractivity contribution >= 4 is 28.9 Å². The van der Waals surface area contributed by atoms with Gasteiger partial charge in [-0.1, -0.05) is 48.5 Å². The lowest BCUT2D eigenvalue weighted by molar-refractivity contribution is -0.121. The summed E-state index contributed by atoms with van der Waals surface area (Å²) in [7, 11) is 0. The number of para-hydroxylation sites is 1. The lowest BCUT2D eigenvalue weighted by atomic mass is 9.93. The van der Waals surface area contributed by atoms with Crippen LogP contribution in [0.3, 0.4) is 0 Å². The molecule has 3 aromatic rings. The molecule has 1 heterocycles. The molecule has 1 atom stereocenters. The smallest absolute Gasteiger partial charge is 0.259 e. The molecule has 1 saturated heterocycles. The second kappa shape index (κ2) is 7.44. The summed E-state index contributed by atoms with van der Waals surface area (Å²) in [6.07, 6.45) is 0.568. The first-order valence-electron chi connectivity index (χ1n) is 9.09. The van der Waals surface area contributed by atoms with Crippen molar-refractivity contribution < 1.29 is 9.53 Å². The Bertz CT molecular complexity index is 990. The Morgan fingerprint density at radius 1 is 0.893 bits per heavy atom. The van der Waals surface area contributed by atoms with Gasteiger partial charge >= 0.3 is 0 Å². The number of hydrogen-bond acceptors (Lipinski definition) is 3. The predicted molar refractivity (Wildman–Crippen MR) is 115 cm³/mol. The molecule has 4 rings (SSSR count). The minimum atomic E-state index is -0.766. The number of carbonyl (C=O) groups excluding carboxylic acids is 1. The highest BCUT2D eigenvalue weighted by Gasteiger charge is 2.46. The summed E-state index contributed by atoms with van der Waals surface area (Å²) in [4.78, 5) is 14.7. The molecule has 1 aliphatic heterocycles. The Labute approximate surface area is 169 Å². The van der Waals surface area contributed by atoms with Gasteiger partial charge in [-0.3, -0.25) is 9.69 Å². The first-order chi connectivity index (χ1) is 13.5. The number of ether oxygens (including phenoxy) is 1. The molecule has 0 saturated carbocycles. The number of amides is 1. The number of anilines is 1. The van der Waals surface area contributed by atoms with Crippen molar-refractivity contribution in [2.45, 2.75) is 18.9 Å². The first-order valence-corrected chi connectivity index (χ1v) is 9.50. The summed E-state index contributed by atoms with van der Waals surface area (Å²) in [5, 5.41) is 3.62. The molecule has 1 amide bonds. The van der Waals surface area contributed by atoms with Crippen LogP contribution in [0.2, 0.25) is 0 Å². The molecule has 0 radical (unpaired) electrons. The highest BCUT2D eigenvalue weighted by molar-refractivity contribution is 7.80. The summed E-state index contributed by atoms with van der Waals surface area (Å²) in [6.45, 7) is 1.89. The largest absolute Gasteiger partial charge is 0.457 e. The van der Waals surface area contributed by atoms with Crippen LogP contribution in [0.4, 0.5) is 5.69 Å². The zero-order chi connectivity index (χ0) is 19.6. The van der Waals surface area contributed by atoms with Crippen molar-refractivity contribution in [3.8, 4) is 11.5 Å². The molecule has 1 fully saturated rings. The van der Waals surface area contributed by atoms with E-state index in [0.717, 1.165) is 17.0 Å². The maximum Gasteiger partial charge on any atom is 0.259 e. The van der Waals surface area contributed by atoms with E-state index in [9.17, 15) is 4.79 Å². The van der Waals surface area contributed by atoms with Gasteiger partial charge in [0, 0.05) is 6.42 Å². The summed E-state index contributed by atoms with van der Waals surface area (Å²) in [5.41, 5.74) is 1.04. The van der Waals surface area contributed by atoms with E-state index in [-0.39, 0.29) is 5.91 Å². The summed E-state index contributed by atoms with van der Waals surface area (Å²) in [6, 6.07) is 26.9. The third-order valence-corrected chi connectivity index (χ3v) is 5.02. The van der Waals surface area contributed by atoms with E-state index in [1.165, 1.54) is 0 Å². The second-order valence-corrected chi connectivity index (χ2v) is 7.36. The Hall–Kier alpha value is -3.18. The van der Waals surface area contributed by atoms with Gasteiger partial charge in [-0.05, 0) is 61.1 Å². The number of nitrogens with zero attached hydrogens (tertiary/aromatic N) is 1. The highest BCUT2D eigenvalue weighted by atomic mass is 32.1. The van der Waals surface area contributed by atoms with Crippen molar-refractivity contribution in [2.75, 3.05) is 4.90 Å². The molecule has 1 unspecified atom stereocenters. The van der Waals surface area contributed by atoms with E-state index in [1.54, 1.807) is 4.90 Å². The van der Waals surface area contributed by atoms with E-state index >= 15 is 0 Å². The van der Waals surface area contributed by atoms with Gasteiger partial charge in [-0.2, -0.15) is 0 Å². The topological polar surface area (TPSA) is 41.6 Å². The molecule has 28 heavy (non-hydrogen) atoms. The normalized spacial score (nSPS) is 18.8. The fraction of sp³-hybridized carbons (Fsp3) is 0.130. The van der Waals surface area contributed by atoms with Gasteiger partial charge < -0.3 is 10.1 Å². The molecule has 1 aliphatic rings. The molecular weight excluding hydrogens is 368 g/mol. The SMILES string of the molecule is CC1(Cc2ccccc2)NC(=S)N(c2ccc(Oc3ccccc3)cc2)C1=O. The van der Waals surface area contributed by atoms with Gasteiger partial charge in [0.2, 0.25) is 0 Å². The molecule has 0 bridgehead atoms. The van der Waals surface area contributed by atoms with Gasteiger partial charge in [-0.25, -0.2) is 0 Å². The molecule has 3 aromatic carbocycles. The summed E-state index contributed by atoms with van der Waals surface area (Å²) >= 11 is 5.47. The number of carbonyl (C=O) groups is 1. The Morgan fingerprint density at radius 2 is 1.46 bits per heavy atom. The second-order valence-electron chi connectivity index (χ2n) is 6.97. The lowest BCUT2D eigenvalue weighted by Gasteiger charge is -2.22. The molecule has 0 aromatic heterocycles. The summed E-state index contributed by atoms with van der Waals surface area (Å²) in [5.74, 6) is 1.41. The van der Waals surface area contributed by atoms with Crippen LogP contribution < -0.4 is 15.0 Å². The van der Waals surface area contributed by atoms with Crippen molar-refractivity contribution in [3.05, 3.63) is 90.5 Å². The minimum absolute atomic E-state index is 0.0573. The van der Waals surface area contributed by atoms with Crippen LogP contribution in [-0.4, -0.2) is 16.6 Å². The van der Waals surface area contributed by atoms with Crippen LogP contribution in [-0.2, 0) is 11.2 Å². The van der Waals surface area contributed by atoms with Crippen molar-refractivity contribution in [3.63, 3.8) is 0 Å². The number of rotatable bonds is 5. The van der Waals surface area contributed by atoms with Crippen molar-refractivity contribution in [1.29, 1.82) is 0 Å². The van der Waals surface area contributed by atoms with Gasteiger partial charge in [0.05, 0.1) is 5.69 Å². The Balaban J connectivity index is 1.52. The molecule has 5 heteroatoms. The zero-order valence-corrected chi connectivity index (χ0v) is 16.3. The van der Waals surface area contributed by atoms with Crippen LogP contribution in [0.25, 0.3) is 0 Å². The standard InChI is InChI=1S/C23H20N2O2S/c1-23(16-17-8-4-2-5-9-17)21(26)25(22(28)24-23)18-12-14-20(15-13-18)27-19-10-6-3-7-11-19/h2-15H,16H2,1H3,(H,24,28). The van der Waals surface area contributed by atoms with Crippen LogP contribution >= 0.6 is 12.2 Å². The lowest BCUT2D eigenvalue weighted by Crippen LogP contribution is -2.46. The van der Waals surface area contributed by atoms with Crippen molar-refractivity contribution in [2.24, 2.45) is 0 Å². The Kier molecular flexibility index (Phi) is 4.84. The van der Waals surface area contributed by atoms with Crippen LogP contribution in [0.5, 0.6) is 11.5 Å². The number of nitrogens with one attached hydrogen (secondary N) is 1. The molecular formula is C23H20N2O2S. The van der Waals surface area contributed by atoms with E-state index in [1.807, 2.05) is 91.9 Å². The van der Waals surface area contributed by atoms with Gasteiger partial charge in [0.15, 0.2) is 5.11 Å². The predicted octanol–water partition coefficient (Wildman–Crippen LogP) is 4.70. The molecule has 0 spiro atoms. The minimum Gasteiger partial charge on any atom is -0.457 e. The van der Waals surface area contributed by atoms with E-state index < -0.39 is 5.54 Å². The monoisotopic (exact) mass is 388 g/mol. The third kappa shape index (κ3) is 3.62. The average molecular weight is 388 g/mol. The maximum absolute atomic E-state index is 13.2. The molecule has 0 aliphatic carbocycles. The van der Waals surface area contributed by atoms with Crippen LogP contribution in [0, 0.1) is 0 Å². The van der Waals surface area contributed by atoms with E-state index in [0.29, 0.717) is 17.3 Å². The number of thiocarbonyl (C=S) groups is 1. The fourth-order valence-corrected chi connectivity index (χ4v) is 3.74. The molecule has 140 valence electrons. The molecule has 1 N–H and O–H groups in total. The van der Waals surface area contributed by atoms with Gasteiger partial charge in [-0.15, -0.1) is 0 Å². The first kappa shape index (κ1) is 18.2. The van der Waals surface area contributed by atoms with Crippen LogP contribution in [0.15, 0.2) is 84.9 Å². The number of benzene rings is 3. The fourth-order valence-electron chi connectivity index (χ4n) is 3.33. The average Bonchev–Trinajstić information content (AvgIpc) is 2.92.